The van der Waals surface area contributed by atoms with Gasteiger partial charge in [0.2, 0.25) is 0 Å². The molecule has 0 fully saturated rings. The molecule has 0 bridgehead atoms. The SMILES string of the molecule is COc1ccccc1CN(C)c1ccc(C(F)(F)F)cc1[N+](=O)[O-]. The van der Waals surface area contributed by atoms with Gasteiger partial charge < -0.3 is 9.64 Å². The van der Waals surface area contributed by atoms with Crippen molar-refractivity contribution in [3.8, 4) is 5.75 Å². The van der Waals surface area contributed by atoms with Crippen LogP contribution in [0.25, 0.3) is 0 Å². The third kappa shape index (κ3) is 3.76. The number of anilines is 1. The number of nitrogens with zero attached hydrogens (tertiary/aromatic N) is 2. The quantitative estimate of drug-likeness (QED) is 0.603. The molecule has 24 heavy (non-hydrogen) atoms. The molecule has 0 aromatic heterocycles. The molecule has 0 aliphatic rings. The summed E-state index contributed by atoms with van der Waals surface area (Å²) < 4.78 is 43.5. The molecule has 2 aromatic rings. The topological polar surface area (TPSA) is 55.6 Å². The van der Waals surface area contributed by atoms with E-state index >= 15 is 0 Å². The van der Waals surface area contributed by atoms with Crippen LogP contribution in [0.15, 0.2) is 42.5 Å². The predicted octanol–water partition coefficient (Wildman–Crippen LogP) is 4.26. The van der Waals surface area contributed by atoms with Crippen LogP contribution in [-0.4, -0.2) is 19.1 Å². The molecule has 5 nitrogen and oxygen atoms in total. The van der Waals surface area contributed by atoms with E-state index in [0.717, 1.165) is 17.7 Å². The second-order valence-electron chi connectivity index (χ2n) is 5.13. The number of alkyl halides is 3. The minimum Gasteiger partial charge on any atom is -0.496 e. The molecule has 0 saturated carbocycles. The highest BCUT2D eigenvalue weighted by Crippen LogP contribution is 2.36. The van der Waals surface area contributed by atoms with Gasteiger partial charge in [-0.25, -0.2) is 0 Å². The normalized spacial score (nSPS) is 11.2. The van der Waals surface area contributed by atoms with Crippen molar-refractivity contribution in [1.82, 2.24) is 0 Å². The lowest BCUT2D eigenvalue weighted by molar-refractivity contribution is -0.384. The van der Waals surface area contributed by atoms with Gasteiger partial charge in [0.1, 0.15) is 11.4 Å². The molecular weight excluding hydrogens is 325 g/mol. The Labute approximate surface area is 136 Å². The largest absolute Gasteiger partial charge is 0.496 e. The van der Waals surface area contributed by atoms with Gasteiger partial charge in [0, 0.05) is 25.2 Å². The molecule has 0 aliphatic heterocycles. The minimum absolute atomic E-state index is 0.0962. The van der Waals surface area contributed by atoms with Crippen molar-refractivity contribution in [2.45, 2.75) is 12.7 Å². The standard InChI is InChI=1S/C16H15F3N2O3/c1-20(10-11-5-3-4-6-15(11)24-2)13-8-7-12(16(17,18)19)9-14(13)21(22)23/h3-9H,10H2,1-2H3. The van der Waals surface area contributed by atoms with Crippen LogP contribution in [0.5, 0.6) is 5.75 Å². The molecule has 0 unspecified atom stereocenters. The van der Waals surface area contributed by atoms with E-state index in [1.165, 1.54) is 12.0 Å². The van der Waals surface area contributed by atoms with E-state index in [4.69, 9.17) is 4.74 Å². The summed E-state index contributed by atoms with van der Waals surface area (Å²) in [4.78, 5) is 11.9. The van der Waals surface area contributed by atoms with Gasteiger partial charge in [-0.3, -0.25) is 10.1 Å². The Morgan fingerprint density at radius 3 is 2.46 bits per heavy atom. The van der Waals surface area contributed by atoms with E-state index in [1.54, 1.807) is 31.3 Å². The number of para-hydroxylation sites is 1. The van der Waals surface area contributed by atoms with Gasteiger partial charge in [0.05, 0.1) is 17.6 Å². The molecule has 0 heterocycles. The number of nitro groups is 1. The average molecular weight is 340 g/mol. The van der Waals surface area contributed by atoms with Crippen LogP contribution >= 0.6 is 0 Å². The number of ether oxygens (including phenoxy) is 1. The van der Waals surface area contributed by atoms with Crippen LogP contribution in [-0.2, 0) is 12.7 Å². The van der Waals surface area contributed by atoms with E-state index in [9.17, 15) is 23.3 Å². The molecular formula is C16H15F3N2O3. The number of rotatable bonds is 5. The zero-order valence-corrected chi connectivity index (χ0v) is 13.0. The smallest absolute Gasteiger partial charge is 0.416 e. The summed E-state index contributed by atoms with van der Waals surface area (Å²) in [6.07, 6.45) is -4.63. The first-order chi connectivity index (χ1) is 11.2. The molecule has 2 aromatic carbocycles. The number of hydrogen-bond acceptors (Lipinski definition) is 4. The molecule has 2 rings (SSSR count). The van der Waals surface area contributed by atoms with Gasteiger partial charge in [0.15, 0.2) is 0 Å². The highest BCUT2D eigenvalue weighted by Gasteiger charge is 2.33. The second-order valence-corrected chi connectivity index (χ2v) is 5.13. The molecule has 8 heteroatoms. The van der Waals surface area contributed by atoms with Gasteiger partial charge >= 0.3 is 6.18 Å². The molecule has 0 aliphatic carbocycles. The summed E-state index contributed by atoms with van der Waals surface area (Å²) in [5.74, 6) is 0.596. The zero-order valence-electron chi connectivity index (χ0n) is 13.0. The maximum atomic E-state index is 12.8. The van der Waals surface area contributed by atoms with Crippen molar-refractivity contribution in [2.75, 3.05) is 19.1 Å². The van der Waals surface area contributed by atoms with Crippen molar-refractivity contribution in [3.05, 3.63) is 63.7 Å². The maximum absolute atomic E-state index is 12.8. The molecule has 128 valence electrons. The number of methoxy groups -OCH3 is 1. The molecule has 0 N–H and O–H groups in total. The van der Waals surface area contributed by atoms with Crippen molar-refractivity contribution in [3.63, 3.8) is 0 Å². The average Bonchev–Trinajstić information content (AvgIpc) is 2.53. The first kappa shape index (κ1) is 17.6. The van der Waals surface area contributed by atoms with Crippen LogP contribution in [0, 0.1) is 10.1 Å². The Hall–Kier alpha value is -2.77. The van der Waals surface area contributed by atoms with Crippen molar-refractivity contribution in [2.24, 2.45) is 0 Å². The second kappa shape index (κ2) is 6.77. The van der Waals surface area contributed by atoms with E-state index in [0.29, 0.717) is 11.8 Å². The number of hydrogen-bond donors (Lipinski definition) is 0. The first-order valence-electron chi connectivity index (χ1n) is 6.92. The Morgan fingerprint density at radius 2 is 1.88 bits per heavy atom. The van der Waals surface area contributed by atoms with E-state index < -0.39 is 22.4 Å². The van der Waals surface area contributed by atoms with E-state index in [2.05, 4.69) is 0 Å². The Bertz CT molecular complexity index is 748. The number of benzene rings is 2. The Morgan fingerprint density at radius 1 is 1.21 bits per heavy atom. The highest BCUT2D eigenvalue weighted by molar-refractivity contribution is 5.64. The molecule has 0 atom stereocenters. The van der Waals surface area contributed by atoms with Crippen LogP contribution in [0.3, 0.4) is 0 Å². The lowest BCUT2D eigenvalue weighted by Gasteiger charge is -2.21. The summed E-state index contributed by atoms with van der Waals surface area (Å²) in [6, 6.07) is 9.58. The number of halogens is 3. The van der Waals surface area contributed by atoms with Crippen LogP contribution in [0.1, 0.15) is 11.1 Å². The van der Waals surface area contributed by atoms with Crippen molar-refractivity contribution >= 4 is 11.4 Å². The summed E-state index contributed by atoms with van der Waals surface area (Å²) in [6.45, 7) is 0.246. The summed E-state index contributed by atoms with van der Waals surface area (Å²) in [7, 11) is 3.07. The highest BCUT2D eigenvalue weighted by atomic mass is 19.4. The van der Waals surface area contributed by atoms with Crippen molar-refractivity contribution < 1.29 is 22.8 Å². The van der Waals surface area contributed by atoms with Crippen molar-refractivity contribution in [1.29, 1.82) is 0 Å². The van der Waals surface area contributed by atoms with Gasteiger partial charge in [-0.15, -0.1) is 0 Å². The first-order valence-corrected chi connectivity index (χ1v) is 6.92. The zero-order chi connectivity index (χ0) is 17.9. The van der Waals surface area contributed by atoms with Gasteiger partial charge in [-0.1, -0.05) is 18.2 Å². The summed E-state index contributed by atoms with van der Waals surface area (Å²) in [5, 5.41) is 11.2. The van der Waals surface area contributed by atoms with E-state index in [-0.39, 0.29) is 12.2 Å². The van der Waals surface area contributed by atoms with Gasteiger partial charge in [-0.05, 0) is 18.2 Å². The fraction of sp³-hybridized carbons (Fsp3) is 0.250. The van der Waals surface area contributed by atoms with E-state index in [1.807, 2.05) is 0 Å². The monoisotopic (exact) mass is 340 g/mol. The summed E-state index contributed by atoms with van der Waals surface area (Å²) in [5.41, 5.74) is -0.790. The lowest BCUT2D eigenvalue weighted by atomic mass is 10.1. The molecule has 0 radical (unpaired) electrons. The van der Waals surface area contributed by atoms with Gasteiger partial charge in [-0.2, -0.15) is 13.2 Å². The predicted molar refractivity (Wildman–Crippen MR) is 83.2 cm³/mol. The molecule has 0 saturated heterocycles. The van der Waals surface area contributed by atoms with Gasteiger partial charge in [0.25, 0.3) is 5.69 Å². The molecule has 0 spiro atoms. The van der Waals surface area contributed by atoms with Crippen LogP contribution in [0.2, 0.25) is 0 Å². The Kier molecular flexibility index (Phi) is 4.96. The minimum atomic E-state index is -4.63. The fourth-order valence-electron chi connectivity index (χ4n) is 2.34. The third-order valence-electron chi connectivity index (χ3n) is 3.51. The molecule has 0 amide bonds. The van der Waals surface area contributed by atoms with Crippen LogP contribution < -0.4 is 9.64 Å². The Balaban J connectivity index is 2.38. The number of nitro benzene ring substituents is 1. The maximum Gasteiger partial charge on any atom is 0.416 e. The third-order valence-corrected chi connectivity index (χ3v) is 3.51. The lowest BCUT2D eigenvalue weighted by Crippen LogP contribution is -2.19. The van der Waals surface area contributed by atoms with Crippen LogP contribution in [0.4, 0.5) is 24.5 Å². The summed E-state index contributed by atoms with van der Waals surface area (Å²) >= 11 is 0. The fourth-order valence-corrected chi connectivity index (χ4v) is 2.34.